The molecule has 0 aromatic heterocycles. The van der Waals surface area contributed by atoms with Crippen LogP contribution in [-0.2, 0) is 9.09 Å². The number of phosphoric acid groups is 1. The Morgan fingerprint density at radius 2 is 1.86 bits per heavy atom. The topological polar surface area (TPSA) is 66.8 Å². The van der Waals surface area contributed by atoms with Crippen molar-refractivity contribution in [3.63, 3.8) is 0 Å². The number of rotatable bonds is 6. The molecule has 0 heterocycles. The Morgan fingerprint density at radius 1 is 1.36 bits per heavy atom. The zero-order valence-electron chi connectivity index (χ0n) is 9.30. The summed E-state index contributed by atoms with van der Waals surface area (Å²) in [6.07, 6.45) is 1.14. The Kier molecular flexibility index (Phi) is 5.26. The van der Waals surface area contributed by atoms with Gasteiger partial charge in [0.05, 0.1) is 21.1 Å². The first-order chi connectivity index (χ1) is 6.14. The summed E-state index contributed by atoms with van der Waals surface area (Å²) in [7, 11) is 1.54. The van der Waals surface area contributed by atoms with Gasteiger partial charge in [-0.1, -0.05) is 13.3 Å². The summed E-state index contributed by atoms with van der Waals surface area (Å²) in [5, 5.41) is 0. The zero-order chi connectivity index (χ0) is 11.4. The Hall–Kier alpha value is 0.0700. The van der Waals surface area contributed by atoms with Crippen LogP contribution in [0.2, 0.25) is 0 Å². The second-order valence-corrected chi connectivity index (χ2v) is 5.67. The Morgan fingerprint density at radius 3 is 2.14 bits per heavy atom. The maximum Gasteiger partial charge on any atom is 0.470 e. The predicted molar refractivity (Wildman–Crippen MR) is 54.7 cm³/mol. The van der Waals surface area contributed by atoms with E-state index in [1.165, 1.54) is 0 Å². The average Bonchev–Trinajstić information content (AvgIpc) is 1.78. The van der Waals surface area contributed by atoms with Crippen LogP contribution in [0.3, 0.4) is 0 Å². The van der Waals surface area contributed by atoms with E-state index in [-0.39, 0.29) is 6.10 Å². The van der Waals surface area contributed by atoms with Gasteiger partial charge in [0.25, 0.3) is 0 Å². The molecule has 0 saturated carbocycles. The highest BCUT2D eigenvalue weighted by Crippen LogP contribution is 2.38. The minimum atomic E-state index is -4.35. The lowest BCUT2D eigenvalue weighted by atomic mass is 10.2. The number of nitrogens with zero attached hydrogens (tertiary/aromatic N) is 1. The molecular formula is C8H21NO4P+. The van der Waals surface area contributed by atoms with E-state index in [0.717, 1.165) is 6.42 Å². The van der Waals surface area contributed by atoms with Gasteiger partial charge in [0.2, 0.25) is 0 Å². The molecule has 0 aliphatic heterocycles. The van der Waals surface area contributed by atoms with Crippen molar-refractivity contribution in [2.24, 2.45) is 0 Å². The van der Waals surface area contributed by atoms with E-state index in [4.69, 9.17) is 14.3 Å². The molecule has 1 unspecified atom stereocenters. The molecule has 2 N–H and O–H groups in total. The maximum absolute atomic E-state index is 10.7. The summed E-state index contributed by atoms with van der Waals surface area (Å²) < 4.78 is 16.0. The minimum Gasteiger partial charge on any atom is -0.329 e. The van der Waals surface area contributed by atoms with Gasteiger partial charge >= 0.3 is 7.82 Å². The molecule has 1 atom stereocenters. The fourth-order valence-electron chi connectivity index (χ4n) is 1.30. The van der Waals surface area contributed by atoms with Crippen molar-refractivity contribution in [1.29, 1.82) is 0 Å². The molecule has 5 nitrogen and oxygen atoms in total. The van der Waals surface area contributed by atoms with Crippen LogP contribution in [0.25, 0.3) is 0 Å². The van der Waals surface area contributed by atoms with Crippen LogP contribution in [0, 0.1) is 0 Å². The summed E-state index contributed by atoms with van der Waals surface area (Å²) in [5.41, 5.74) is 0. The fraction of sp³-hybridized carbons (Fsp3) is 1.00. The number of likely N-dealkylation sites (N-methyl/N-ethyl adjacent to an activating group) is 1. The first-order valence-electron chi connectivity index (χ1n) is 4.68. The van der Waals surface area contributed by atoms with Crippen LogP contribution in [0.1, 0.15) is 19.8 Å². The van der Waals surface area contributed by atoms with Crippen LogP contribution >= 0.6 is 7.82 Å². The lowest BCUT2D eigenvalue weighted by Gasteiger charge is -2.29. The molecule has 0 aliphatic rings. The van der Waals surface area contributed by atoms with Crippen molar-refractivity contribution >= 4 is 7.82 Å². The lowest BCUT2D eigenvalue weighted by Crippen LogP contribution is -2.42. The average molecular weight is 226 g/mol. The Balaban J connectivity index is 4.23. The molecule has 0 rings (SSSR count). The van der Waals surface area contributed by atoms with E-state index in [1.807, 2.05) is 28.1 Å². The van der Waals surface area contributed by atoms with Crippen LogP contribution in [0.4, 0.5) is 0 Å². The summed E-state index contributed by atoms with van der Waals surface area (Å²) >= 11 is 0. The zero-order valence-corrected chi connectivity index (χ0v) is 10.2. The van der Waals surface area contributed by atoms with Gasteiger partial charge in [0, 0.05) is 0 Å². The van der Waals surface area contributed by atoms with Gasteiger partial charge in [0.15, 0.2) is 0 Å². The molecular weight excluding hydrogens is 205 g/mol. The molecule has 14 heavy (non-hydrogen) atoms. The molecule has 0 spiro atoms. The molecule has 0 bridgehead atoms. The van der Waals surface area contributed by atoms with Crippen molar-refractivity contribution in [3.8, 4) is 0 Å². The highest BCUT2D eigenvalue weighted by Gasteiger charge is 2.26. The number of quaternary nitrogens is 1. The lowest BCUT2D eigenvalue weighted by molar-refractivity contribution is -0.873. The fourth-order valence-corrected chi connectivity index (χ4v) is 1.86. The number of phosphoric ester groups is 1. The van der Waals surface area contributed by atoms with Gasteiger partial charge in [-0.3, -0.25) is 4.52 Å². The third kappa shape index (κ3) is 8.66. The Labute approximate surface area is 85.5 Å². The van der Waals surface area contributed by atoms with E-state index in [9.17, 15) is 4.57 Å². The number of hydrogen-bond acceptors (Lipinski definition) is 2. The molecule has 0 aliphatic carbocycles. The van der Waals surface area contributed by atoms with Crippen molar-refractivity contribution in [3.05, 3.63) is 0 Å². The van der Waals surface area contributed by atoms with Gasteiger partial charge in [-0.05, 0) is 6.42 Å². The van der Waals surface area contributed by atoms with Crippen LogP contribution in [0.15, 0.2) is 0 Å². The van der Waals surface area contributed by atoms with E-state index < -0.39 is 7.82 Å². The summed E-state index contributed by atoms with van der Waals surface area (Å²) in [5.74, 6) is 0. The summed E-state index contributed by atoms with van der Waals surface area (Å²) in [6, 6.07) is 0. The molecule has 86 valence electrons. The SMILES string of the molecule is CCCC(C[N+](C)(C)C)OP(=O)(O)O. The largest absolute Gasteiger partial charge is 0.470 e. The van der Waals surface area contributed by atoms with Crippen LogP contribution in [-0.4, -0.2) is 48.1 Å². The van der Waals surface area contributed by atoms with Gasteiger partial charge in [-0.25, -0.2) is 4.57 Å². The maximum atomic E-state index is 10.7. The standard InChI is InChI=1S/C8H20NO4P/c1-5-6-8(7-9(2,3)4)13-14(10,11)12/h8H,5-7H2,1-4H3,(H-,10,11,12)/p+1. The van der Waals surface area contributed by atoms with Gasteiger partial charge in [-0.15, -0.1) is 0 Å². The van der Waals surface area contributed by atoms with E-state index in [2.05, 4.69) is 0 Å². The first kappa shape index (κ1) is 14.1. The smallest absolute Gasteiger partial charge is 0.329 e. The molecule has 0 amide bonds. The third-order valence-corrected chi connectivity index (χ3v) is 2.22. The molecule has 0 aromatic rings. The van der Waals surface area contributed by atoms with Gasteiger partial charge in [-0.2, -0.15) is 0 Å². The highest BCUT2D eigenvalue weighted by molar-refractivity contribution is 7.46. The third-order valence-electron chi connectivity index (χ3n) is 1.65. The first-order valence-corrected chi connectivity index (χ1v) is 6.21. The van der Waals surface area contributed by atoms with Gasteiger partial charge < -0.3 is 14.3 Å². The summed E-state index contributed by atoms with van der Waals surface area (Å²) in [4.78, 5) is 17.4. The summed E-state index contributed by atoms with van der Waals surface area (Å²) in [6.45, 7) is 2.56. The van der Waals surface area contributed by atoms with E-state index >= 15 is 0 Å². The molecule has 0 radical (unpaired) electrons. The minimum absolute atomic E-state index is 0.374. The Bertz CT molecular complexity index is 208. The van der Waals surface area contributed by atoms with Gasteiger partial charge in [0.1, 0.15) is 12.6 Å². The highest BCUT2D eigenvalue weighted by atomic mass is 31.2. The van der Waals surface area contributed by atoms with Crippen LogP contribution < -0.4 is 0 Å². The molecule has 6 heteroatoms. The van der Waals surface area contributed by atoms with Crippen molar-refractivity contribution in [2.45, 2.75) is 25.9 Å². The second-order valence-electron chi connectivity index (χ2n) is 4.48. The molecule has 0 aromatic carbocycles. The molecule has 0 saturated heterocycles. The van der Waals surface area contributed by atoms with E-state index in [0.29, 0.717) is 17.4 Å². The predicted octanol–water partition coefficient (Wildman–Crippen LogP) is 0.971. The molecule has 0 fully saturated rings. The number of hydrogen-bond donors (Lipinski definition) is 2. The van der Waals surface area contributed by atoms with Crippen molar-refractivity contribution in [2.75, 3.05) is 27.7 Å². The second kappa shape index (κ2) is 5.24. The monoisotopic (exact) mass is 226 g/mol. The van der Waals surface area contributed by atoms with Crippen molar-refractivity contribution in [1.82, 2.24) is 0 Å². The van der Waals surface area contributed by atoms with Crippen LogP contribution in [0.5, 0.6) is 0 Å². The van der Waals surface area contributed by atoms with E-state index in [1.54, 1.807) is 0 Å². The quantitative estimate of drug-likeness (QED) is 0.523. The van der Waals surface area contributed by atoms with Crippen molar-refractivity contribution < 1.29 is 23.4 Å². The normalized spacial score (nSPS) is 15.6.